The highest BCUT2D eigenvalue weighted by molar-refractivity contribution is 6.30. The summed E-state index contributed by atoms with van der Waals surface area (Å²) in [5, 5.41) is 4.06. The summed E-state index contributed by atoms with van der Waals surface area (Å²) in [5.74, 6) is 0.249. The van der Waals surface area contributed by atoms with Gasteiger partial charge in [-0.15, -0.1) is 0 Å². The molecule has 0 spiro atoms. The Bertz CT molecular complexity index is 502. The number of nitrogens with zero attached hydrogens (tertiary/aromatic N) is 2. The third kappa shape index (κ3) is 3.57. The van der Waals surface area contributed by atoms with E-state index >= 15 is 0 Å². The van der Waals surface area contributed by atoms with Gasteiger partial charge in [0.1, 0.15) is 0 Å². The lowest BCUT2D eigenvalue weighted by molar-refractivity contribution is -0.133. The predicted octanol–water partition coefficient (Wildman–Crippen LogP) is 1.91. The van der Waals surface area contributed by atoms with Gasteiger partial charge in [-0.3, -0.25) is 9.69 Å². The predicted molar refractivity (Wildman–Crippen MR) is 84.4 cm³/mol. The van der Waals surface area contributed by atoms with Gasteiger partial charge >= 0.3 is 0 Å². The zero-order valence-corrected chi connectivity index (χ0v) is 13.0. The zero-order chi connectivity index (χ0) is 14.7. The maximum atomic E-state index is 12.6. The average molecular weight is 308 g/mol. The van der Waals surface area contributed by atoms with Gasteiger partial charge in [-0.05, 0) is 30.5 Å². The number of benzene rings is 1. The summed E-state index contributed by atoms with van der Waals surface area (Å²) in [6.45, 7) is 5.28. The molecule has 1 unspecified atom stereocenters. The van der Waals surface area contributed by atoms with E-state index in [0.717, 1.165) is 56.2 Å². The van der Waals surface area contributed by atoms with Crippen LogP contribution in [0.15, 0.2) is 24.3 Å². The summed E-state index contributed by atoms with van der Waals surface area (Å²) in [5.41, 5.74) is 1.16. The van der Waals surface area contributed by atoms with Crippen LogP contribution >= 0.6 is 11.6 Å². The minimum atomic E-state index is 0.194. The molecule has 114 valence electrons. The van der Waals surface area contributed by atoms with E-state index in [1.54, 1.807) is 0 Å². The number of carbonyl (C=O) groups excluding carboxylic acids is 1. The van der Waals surface area contributed by atoms with Gasteiger partial charge in [-0.1, -0.05) is 23.7 Å². The number of amides is 1. The van der Waals surface area contributed by atoms with E-state index in [1.165, 1.54) is 0 Å². The molecule has 21 heavy (non-hydrogen) atoms. The molecular formula is C16H22ClN3O. The average Bonchev–Trinajstić information content (AvgIpc) is 2.98. The summed E-state index contributed by atoms with van der Waals surface area (Å²) in [7, 11) is 0. The van der Waals surface area contributed by atoms with Gasteiger partial charge in [-0.2, -0.15) is 0 Å². The summed E-state index contributed by atoms with van der Waals surface area (Å²) in [6.07, 6.45) is 2.11. The van der Waals surface area contributed by atoms with Crippen molar-refractivity contribution in [3.8, 4) is 0 Å². The number of piperazine rings is 1. The molecule has 0 radical (unpaired) electrons. The van der Waals surface area contributed by atoms with Crippen molar-refractivity contribution in [1.29, 1.82) is 0 Å². The normalized spacial score (nSPS) is 23.5. The van der Waals surface area contributed by atoms with Crippen LogP contribution in [0.2, 0.25) is 5.02 Å². The van der Waals surface area contributed by atoms with E-state index in [-0.39, 0.29) is 11.9 Å². The van der Waals surface area contributed by atoms with Gasteiger partial charge in [0.2, 0.25) is 5.91 Å². The van der Waals surface area contributed by atoms with Crippen LogP contribution < -0.4 is 5.32 Å². The first kappa shape index (κ1) is 14.8. The van der Waals surface area contributed by atoms with E-state index in [4.69, 9.17) is 11.6 Å². The van der Waals surface area contributed by atoms with Crippen LogP contribution in [0.1, 0.15) is 24.4 Å². The lowest BCUT2D eigenvalue weighted by Gasteiger charge is -2.31. The van der Waals surface area contributed by atoms with Crippen molar-refractivity contribution in [2.75, 3.05) is 39.3 Å². The molecule has 2 fully saturated rings. The van der Waals surface area contributed by atoms with Crippen molar-refractivity contribution in [3.05, 3.63) is 34.9 Å². The number of hydrogen-bond donors (Lipinski definition) is 1. The van der Waals surface area contributed by atoms with E-state index in [0.29, 0.717) is 6.54 Å². The minimum absolute atomic E-state index is 0.194. The monoisotopic (exact) mass is 307 g/mol. The van der Waals surface area contributed by atoms with Crippen LogP contribution in [-0.4, -0.2) is 55.0 Å². The number of hydrogen-bond acceptors (Lipinski definition) is 3. The first-order valence-corrected chi connectivity index (χ1v) is 8.10. The Morgan fingerprint density at radius 2 is 2.10 bits per heavy atom. The van der Waals surface area contributed by atoms with Crippen molar-refractivity contribution in [2.45, 2.75) is 18.9 Å². The molecule has 0 aliphatic carbocycles. The Morgan fingerprint density at radius 1 is 1.29 bits per heavy atom. The molecule has 0 aromatic heterocycles. The fourth-order valence-corrected chi connectivity index (χ4v) is 3.48. The summed E-state index contributed by atoms with van der Waals surface area (Å²) >= 11 is 6.09. The number of carbonyl (C=O) groups is 1. The highest BCUT2D eigenvalue weighted by Crippen LogP contribution is 2.33. The summed E-state index contributed by atoms with van der Waals surface area (Å²) < 4.78 is 0. The van der Waals surface area contributed by atoms with Crippen molar-refractivity contribution in [3.63, 3.8) is 0 Å². The molecule has 1 aromatic rings. The molecule has 2 heterocycles. The maximum absolute atomic E-state index is 12.6. The van der Waals surface area contributed by atoms with Gasteiger partial charge in [0.05, 0.1) is 12.6 Å². The van der Waals surface area contributed by atoms with E-state index in [1.807, 2.05) is 23.1 Å². The molecule has 2 aliphatic rings. The maximum Gasteiger partial charge on any atom is 0.237 e. The molecule has 1 atom stereocenters. The van der Waals surface area contributed by atoms with Gasteiger partial charge in [-0.25, -0.2) is 0 Å². The third-order valence-electron chi connectivity index (χ3n) is 4.38. The SMILES string of the molecule is O=C(CN1CCNCC1)N1CCCC1c1cccc(Cl)c1. The van der Waals surface area contributed by atoms with E-state index in [2.05, 4.69) is 16.3 Å². The first-order valence-electron chi connectivity index (χ1n) is 7.72. The molecular weight excluding hydrogens is 286 g/mol. The van der Waals surface area contributed by atoms with Crippen LogP contribution in [-0.2, 0) is 4.79 Å². The van der Waals surface area contributed by atoms with E-state index in [9.17, 15) is 4.79 Å². The standard InChI is InChI=1S/C16H22ClN3O/c17-14-4-1-3-13(11-14)15-5-2-8-20(15)16(21)12-19-9-6-18-7-10-19/h1,3-4,11,15,18H,2,5-10,12H2. The Hall–Kier alpha value is -1.10. The molecule has 5 heteroatoms. The molecule has 1 aromatic carbocycles. The molecule has 2 saturated heterocycles. The van der Waals surface area contributed by atoms with Crippen molar-refractivity contribution in [1.82, 2.24) is 15.1 Å². The van der Waals surface area contributed by atoms with Gasteiger partial charge in [0.15, 0.2) is 0 Å². The second kappa shape index (κ2) is 6.77. The fraction of sp³-hybridized carbons (Fsp3) is 0.562. The molecule has 0 saturated carbocycles. The second-order valence-electron chi connectivity index (χ2n) is 5.83. The number of halogens is 1. The van der Waals surface area contributed by atoms with Crippen molar-refractivity contribution in [2.24, 2.45) is 0 Å². The van der Waals surface area contributed by atoms with Crippen molar-refractivity contribution >= 4 is 17.5 Å². The molecule has 3 rings (SSSR count). The Balaban J connectivity index is 1.67. The molecule has 0 bridgehead atoms. The summed E-state index contributed by atoms with van der Waals surface area (Å²) in [6, 6.07) is 8.11. The Kier molecular flexibility index (Phi) is 4.78. The smallest absolute Gasteiger partial charge is 0.237 e. The van der Waals surface area contributed by atoms with Crippen LogP contribution in [0.25, 0.3) is 0 Å². The van der Waals surface area contributed by atoms with Gasteiger partial charge in [0.25, 0.3) is 0 Å². The fourth-order valence-electron chi connectivity index (χ4n) is 3.28. The van der Waals surface area contributed by atoms with E-state index < -0.39 is 0 Å². The Labute approximate surface area is 131 Å². The molecule has 1 N–H and O–H groups in total. The number of nitrogens with one attached hydrogen (secondary N) is 1. The molecule has 2 aliphatic heterocycles. The lowest BCUT2D eigenvalue weighted by atomic mass is 10.0. The number of likely N-dealkylation sites (tertiary alicyclic amines) is 1. The highest BCUT2D eigenvalue weighted by Gasteiger charge is 2.30. The van der Waals surface area contributed by atoms with Crippen LogP contribution in [0.4, 0.5) is 0 Å². The quantitative estimate of drug-likeness (QED) is 0.926. The summed E-state index contributed by atoms with van der Waals surface area (Å²) in [4.78, 5) is 16.9. The lowest BCUT2D eigenvalue weighted by Crippen LogP contribution is -2.48. The largest absolute Gasteiger partial charge is 0.335 e. The number of rotatable bonds is 3. The van der Waals surface area contributed by atoms with Crippen LogP contribution in [0.5, 0.6) is 0 Å². The highest BCUT2D eigenvalue weighted by atomic mass is 35.5. The second-order valence-corrected chi connectivity index (χ2v) is 6.26. The topological polar surface area (TPSA) is 35.6 Å². The first-order chi connectivity index (χ1) is 10.2. The third-order valence-corrected chi connectivity index (χ3v) is 4.61. The zero-order valence-electron chi connectivity index (χ0n) is 12.2. The van der Waals surface area contributed by atoms with Crippen LogP contribution in [0.3, 0.4) is 0 Å². The van der Waals surface area contributed by atoms with Crippen LogP contribution in [0, 0.1) is 0 Å². The molecule has 1 amide bonds. The Morgan fingerprint density at radius 3 is 2.86 bits per heavy atom. The molecule has 4 nitrogen and oxygen atoms in total. The van der Waals surface area contributed by atoms with Gasteiger partial charge < -0.3 is 10.2 Å². The van der Waals surface area contributed by atoms with Gasteiger partial charge in [0, 0.05) is 37.7 Å². The van der Waals surface area contributed by atoms with Crippen molar-refractivity contribution < 1.29 is 4.79 Å². The minimum Gasteiger partial charge on any atom is -0.335 e.